The van der Waals surface area contributed by atoms with Crippen molar-refractivity contribution in [3.63, 3.8) is 0 Å². The first-order chi connectivity index (χ1) is 17.9. The van der Waals surface area contributed by atoms with Gasteiger partial charge in [0.25, 0.3) is 15.9 Å². The van der Waals surface area contributed by atoms with Gasteiger partial charge in [0.2, 0.25) is 5.03 Å². The molecule has 0 bridgehead atoms. The minimum Gasteiger partial charge on any atom is -0.369 e. The lowest BCUT2D eigenvalue weighted by Gasteiger charge is -2.36. The van der Waals surface area contributed by atoms with Crippen LogP contribution in [0.4, 0.5) is 11.5 Å². The molecule has 2 saturated heterocycles. The molecule has 0 unspecified atom stereocenters. The number of anilines is 2. The molecule has 0 N–H and O–H groups in total. The first-order valence-electron chi connectivity index (χ1n) is 12.4. The molecule has 37 heavy (non-hydrogen) atoms. The van der Waals surface area contributed by atoms with Crippen LogP contribution in [0.25, 0.3) is 0 Å². The Morgan fingerprint density at radius 3 is 2.32 bits per heavy atom. The Bertz CT molecular complexity index is 1350. The lowest BCUT2D eigenvalue weighted by molar-refractivity contribution is 0.0742. The number of hydrogen-bond acceptors (Lipinski definition) is 7. The van der Waals surface area contributed by atoms with E-state index in [0.717, 1.165) is 11.5 Å². The Hall–Kier alpha value is -3.15. The van der Waals surface area contributed by atoms with E-state index in [2.05, 4.69) is 19.9 Å². The number of hydrogen-bond donors (Lipinski definition) is 0. The highest BCUT2D eigenvalue weighted by atomic mass is 35.5. The standard InChI is InChI=1S/C25H30ClN7O3S/c1-2-32-19-22(25(34)31-12-10-30(11-13-31)23-8-3-4-9-27-23)24(28-32)37(35,36)33-16-14-29(15-17-33)21-7-5-6-20(26)18-21/h3-9,18-19H,2,10-17H2,1H3. The van der Waals surface area contributed by atoms with Gasteiger partial charge >= 0.3 is 0 Å². The maximum Gasteiger partial charge on any atom is 0.263 e. The Morgan fingerprint density at radius 2 is 1.68 bits per heavy atom. The number of sulfonamides is 1. The second-order valence-corrected chi connectivity index (χ2v) is 11.3. The maximum atomic E-state index is 13.7. The van der Waals surface area contributed by atoms with Gasteiger partial charge in [-0.3, -0.25) is 9.48 Å². The van der Waals surface area contributed by atoms with Crippen LogP contribution in [0.5, 0.6) is 0 Å². The molecule has 0 radical (unpaired) electrons. The van der Waals surface area contributed by atoms with Gasteiger partial charge in [0.05, 0.1) is 5.56 Å². The van der Waals surface area contributed by atoms with E-state index >= 15 is 0 Å². The lowest BCUT2D eigenvalue weighted by Crippen LogP contribution is -2.50. The number of aromatic nitrogens is 3. The van der Waals surface area contributed by atoms with Gasteiger partial charge in [-0.2, -0.15) is 9.40 Å². The highest BCUT2D eigenvalue weighted by molar-refractivity contribution is 7.89. The van der Waals surface area contributed by atoms with E-state index in [1.54, 1.807) is 17.3 Å². The number of pyridine rings is 1. The lowest BCUT2D eigenvalue weighted by atomic mass is 10.2. The molecule has 2 fully saturated rings. The van der Waals surface area contributed by atoms with Crippen molar-refractivity contribution in [2.24, 2.45) is 0 Å². The molecule has 10 nitrogen and oxygen atoms in total. The van der Waals surface area contributed by atoms with Crippen molar-refractivity contribution in [1.29, 1.82) is 0 Å². The number of piperazine rings is 2. The van der Waals surface area contributed by atoms with Crippen LogP contribution < -0.4 is 9.80 Å². The number of halogens is 1. The highest BCUT2D eigenvalue weighted by Crippen LogP contribution is 2.25. The fraction of sp³-hybridized carbons (Fsp3) is 0.400. The van der Waals surface area contributed by atoms with Gasteiger partial charge in [0.15, 0.2) is 0 Å². The summed E-state index contributed by atoms with van der Waals surface area (Å²) in [5, 5.41) is 4.81. The summed E-state index contributed by atoms with van der Waals surface area (Å²) in [5.74, 6) is 0.560. The zero-order valence-corrected chi connectivity index (χ0v) is 22.3. The van der Waals surface area contributed by atoms with Crippen LogP contribution in [0.15, 0.2) is 59.9 Å². The van der Waals surface area contributed by atoms with Crippen LogP contribution in [0.1, 0.15) is 17.3 Å². The van der Waals surface area contributed by atoms with Crippen LogP contribution in [0.2, 0.25) is 5.02 Å². The number of aryl methyl sites for hydroxylation is 1. The fourth-order valence-electron chi connectivity index (χ4n) is 4.73. The van der Waals surface area contributed by atoms with Crippen LogP contribution >= 0.6 is 11.6 Å². The molecule has 2 aliphatic rings. The average Bonchev–Trinajstić information content (AvgIpc) is 3.39. The summed E-state index contributed by atoms with van der Waals surface area (Å²) in [7, 11) is -3.95. The first kappa shape index (κ1) is 25.5. The molecule has 3 aromatic rings. The summed E-state index contributed by atoms with van der Waals surface area (Å²) < 4.78 is 30.3. The van der Waals surface area contributed by atoms with Crippen molar-refractivity contribution in [2.45, 2.75) is 18.5 Å². The van der Waals surface area contributed by atoms with Gasteiger partial charge < -0.3 is 14.7 Å². The van der Waals surface area contributed by atoms with Gasteiger partial charge in [0.1, 0.15) is 5.82 Å². The topological polar surface area (TPSA) is 94.9 Å². The number of carbonyl (C=O) groups is 1. The molecular weight excluding hydrogens is 514 g/mol. The molecule has 0 atom stereocenters. The maximum absolute atomic E-state index is 13.7. The minimum atomic E-state index is -3.95. The van der Waals surface area contributed by atoms with Crippen molar-refractivity contribution in [3.8, 4) is 0 Å². The van der Waals surface area contributed by atoms with Crippen molar-refractivity contribution >= 4 is 39.0 Å². The number of rotatable bonds is 6. The van der Waals surface area contributed by atoms with E-state index in [1.807, 2.05) is 49.4 Å². The molecule has 5 rings (SSSR count). The number of carbonyl (C=O) groups excluding carboxylic acids is 1. The van der Waals surface area contributed by atoms with E-state index in [9.17, 15) is 13.2 Å². The summed E-state index contributed by atoms with van der Waals surface area (Å²) in [5.41, 5.74) is 1.09. The Kier molecular flexibility index (Phi) is 7.36. The van der Waals surface area contributed by atoms with Crippen LogP contribution in [0.3, 0.4) is 0 Å². The molecule has 2 aliphatic heterocycles. The zero-order valence-electron chi connectivity index (χ0n) is 20.7. The van der Waals surface area contributed by atoms with Gasteiger partial charge in [-0.25, -0.2) is 13.4 Å². The van der Waals surface area contributed by atoms with E-state index in [4.69, 9.17) is 11.6 Å². The van der Waals surface area contributed by atoms with Gasteiger partial charge in [-0.15, -0.1) is 0 Å². The summed E-state index contributed by atoms with van der Waals surface area (Å²) in [6, 6.07) is 13.3. The average molecular weight is 544 g/mol. The molecule has 0 saturated carbocycles. The van der Waals surface area contributed by atoms with Crippen LogP contribution in [-0.2, 0) is 16.6 Å². The van der Waals surface area contributed by atoms with Crippen molar-refractivity contribution in [2.75, 3.05) is 62.2 Å². The third-order valence-electron chi connectivity index (χ3n) is 6.82. The number of nitrogens with zero attached hydrogens (tertiary/aromatic N) is 7. The molecule has 1 amide bonds. The van der Waals surface area contributed by atoms with E-state index < -0.39 is 10.0 Å². The van der Waals surface area contributed by atoms with E-state index in [-0.39, 0.29) is 16.5 Å². The van der Waals surface area contributed by atoms with Crippen LogP contribution in [-0.4, -0.2) is 90.7 Å². The molecule has 196 valence electrons. The largest absolute Gasteiger partial charge is 0.369 e. The second kappa shape index (κ2) is 10.7. The second-order valence-electron chi connectivity index (χ2n) is 9.04. The quantitative estimate of drug-likeness (QED) is 0.471. The van der Waals surface area contributed by atoms with E-state index in [0.29, 0.717) is 63.9 Å². The monoisotopic (exact) mass is 543 g/mol. The summed E-state index contributed by atoms with van der Waals surface area (Å²) in [6.07, 6.45) is 3.31. The third kappa shape index (κ3) is 5.29. The third-order valence-corrected chi connectivity index (χ3v) is 8.89. The summed E-state index contributed by atoms with van der Waals surface area (Å²) in [4.78, 5) is 23.8. The highest BCUT2D eigenvalue weighted by Gasteiger charge is 2.36. The predicted molar refractivity (Wildman–Crippen MR) is 143 cm³/mol. The van der Waals surface area contributed by atoms with Gasteiger partial charge in [0, 0.05) is 82.0 Å². The summed E-state index contributed by atoms with van der Waals surface area (Å²) >= 11 is 6.13. The minimum absolute atomic E-state index is 0.130. The van der Waals surface area contributed by atoms with E-state index in [1.165, 1.54) is 8.99 Å². The zero-order chi connectivity index (χ0) is 26.0. The Balaban J connectivity index is 1.30. The fourth-order valence-corrected chi connectivity index (χ4v) is 6.43. The van der Waals surface area contributed by atoms with Crippen LogP contribution in [0, 0.1) is 0 Å². The van der Waals surface area contributed by atoms with Crippen molar-refractivity contribution in [1.82, 2.24) is 24.0 Å². The molecule has 2 aromatic heterocycles. The predicted octanol–water partition coefficient (Wildman–Crippen LogP) is 2.42. The molecule has 4 heterocycles. The number of benzene rings is 1. The molecule has 1 aromatic carbocycles. The van der Waals surface area contributed by atoms with Crippen molar-refractivity contribution < 1.29 is 13.2 Å². The molecule has 0 spiro atoms. The van der Waals surface area contributed by atoms with Crippen molar-refractivity contribution in [3.05, 3.63) is 65.4 Å². The number of amides is 1. The molecular formula is C25H30ClN7O3S. The normalized spacial score (nSPS) is 17.3. The Morgan fingerprint density at radius 1 is 0.946 bits per heavy atom. The SMILES string of the molecule is CCn1cc(C(=O)N2CCN(c3ccccn3)CC2)c(S(=O)(=O)N2CCN(c3cccc(Cl)c3)CC2)n1. The van der Waals surface area contributed by atoms with Gasteiger partial charge in [-0.1, -0.05) is 23.7 Å². The molecule has 0 aliphatic carbocycles. The Labute approximate surface area is 222 Å². The summed E-state index contributed by atoms with van der Waals surface area (Å²) in [6.45, 7) is 6.17. The van der Waals surface area contributed by atoms with Gasteiger partial charge in [-0.05, 0) is 37.3 Å². The molecule has 12 heteroatoms. The smallest absolute Gasteiger partial charge is 0.263 e. The first-order valence-corrected chi connectivity index (χ1v) is 14.2.